The van der Waals surface area contributed by atoms with Crippen LogP contribution >= 0.6 is 0 Å². The van der Waals surface area contributed by atoms with Gasteiger partial charge < -0.3 is 15.5 Å². The second-order valence-corrected chi connectivity index (χ2v) is 7.18. The molecule has 2 heterocycles. The highest BCUT2D eigenvalue weighted by molar-refractivity contribution is 5.80. The highest BCUT2D eigenvalue weighted by Crippen LogP contribution is 2.09. The lowest BCUT2D eigenvalue weighted by molar-refractivity contribution is 0.263. The van der Waals surface area contributed by atoms with E-state index in [2.05, 4.69) is 51.2 Å². The molecule has 7 heteroatoms. The summed E-state index contributed by atoms with van der Waals surface area (Å²) in [6.45, 7) is 13.3. The summed E-state index contributed by atoms with van der Waals surface area (Å²) in [5.41, 5.74) is 0. The first-order chi connectivity index (χ1) is 13.2. The third kappa shape index (κ3) is 8.12. The summed E-state index contributed by atoms with van der Waals surface area (Å²) >= 11 is 0. The molecule has 0 amide bonds. The lowest BCUT2D eigenvalue weighted by atomic mass is 10.1. The first-order valence-electron chi connectivity index (χ1n) is 10.5. The molecule has 1 unspecified atom stereocenters. The van der Waals surface area contributed by atoms with Gasteiger partial charge in [0.15, 0.2) is 5.96 Å². The Kier molecular flexibility index (Phi) is 9.90. The van der Waals surface area contributed by atoms with Crippen LogP contribution in [0.1, 0.15) is 46.5 Å². The molecule has 2 N–H and O–H groups in total. The fourth-order valence-electron chi connectivity index (χ4n) is 3.26. The lowest BCUT2D eigenvalue weighted by Crippen LogP contribution is -2.48. The summed E-state index contributed by atoms with van der Waals surface area (Å²) < 4.78 is 0. The highest BCUT2D eigenvalue weighted by atomic mass is 15.3. The third-order valence-electron chi connectivity index (χ3n) is 4.86. The number of aromatic nitrogens is 2. The molecule has 1 fully saturated rings. The fraction of sp³-hybridized carbons (Fsp3) is 0.750. The molecule has 7 nitrogen and oxygen atoms in total. The number of nitrogens with one attached hydrogen (secondary N) is 2. The van der Waals surface area contributed by atoms with Crippen molar-refractivity contribution in [3.63, 3.8) is 0 Å². The molecule has 27 heavy (non-hydrogen) atoms. The largest absolute Gasteiger partial charge is 0.357 e. The Hall–Kier alpha value is -1.89. The van der Waals surface area contributed by atoms with Crippen LogP contribution in [0.2, 0.25) is 0 Å². The van der Waals surface area contributed by atoms with Crippen LogP contribution < -0.4 is 15.5 Å². The van der Waals surface area contributed by atoms with Crippen LogP contribution in [0.25, 0.3) is 0 Å². The summed E-state index contributed by atoms with van der Waals surface area (Å²) in [7, 11) is 0. The third-order valence-corrected chi connectivity index (χ3v) is 4.86. The second-order valence-electron chi connectivity index (χ2n) is 7.18. The van der Waals surface area contributed by atoms with Crippen molar-refractivity contribution in [2.75, 3.05) is 50.7 Å². The van der Waals surface area contributed by atoms with Crippen molar-refractivity contribution in [3.05, 3.63) is 18.5 Å². The maximum atomic E-state index is 4.77. The number of hydrogen-bond acceptors (Lipinski definition) is 5. The zero-order chi connectivity index (χ0) is 19.3. The smallest absolute Gasteiger partial charge is 0.225 e. The molecule has 0 aliphatic carbocycles. The van der Waals surface area contributed by atoms with Crippen molar-refractivity contribution in [1.29, 1.82) is 0 Å². The molecule has 1 aliphatic rings. The van der Waals surface area contributed by atoms with Gasteiger partial charge in [-0.05, 0) is 26.3 Å². The SMILES string of the molecule is CCCCCC(C)NC(=NCCN1CCN(c2ncccn2)CC1)NCC. The number of hydrogen-bond donors (Lipinski definition) is 2. The molecule has 152 valence electrons. The summed E-state index contributed by atoms with van der Waals surface area (Å²) in [6, 6.07) is 2.32. The Labute approximate surface area is 164 Å². The van der Waals surface area contributed by atoms with E-state index in [1.807, 2.05) is 18.5 Å². The van der Waals surface area contributed by atoms with E-state index in [-0.39, 0.29) is 0 Å². The predicted molar refractivity (Wildman–Crippen MR) is 113 cm³/mol. The van der Waals surface area contributed by atoms with Crippen LogP contribution in [-0.4, -0.2) is 72.7 Å². The van der Waals surface area contributed by atoms with Gasteiger partial charge in [0.05, 0.1) is 6.54 Å². The molecule has 2 rings (SSSR count). The van der Waals surface area contributed by atoms with E-state index < -0.39 is 0 Å². The van der Waals surface area contributed by atoms with Gasteiger partial charge in [-0.1, -0.05) is 26.2 Å². The minimum absolute atomic E-state index is 0.462. The number of anilines is 1. The number of guanidine groups is 1. The fourth-order valence-corrected chi connectivity index (χ4v) is 3.26. The van der Waals surface area contributed by atoms with Gasteiger partial charge >= 0.3 is 0 Å². The first kappa shape index (κ1) is 21.4. The van der Waals surface area contributed by atoms with E-state index >= 15 is 0 Å². The van der Waals surface area contributed by atoms with Crippen LogP contribution in [-0.2, 0) is 0 Å². The first-order valence-corrected chi connectivity index (χ1v) is 10.5. The molecule has 0 spiro atoms. The highest BCUT2D eigenvalue weighted by Gasteiger charge is 2.18. The quantitative estimate of drug-likeness (QED) is 0.371. The van der Waals surface area contributed by atoms with Crippen molar-refractivity contribution in [3.8, 4) is 0 Å². The van der Waals surface area contributed by atoms with Crippen LogP contribution in [0.4, 0.5) is 5.95 Å². The number of piperazine rings is 1. The average molecular weight is 376 g/mol. The second kappa shape index (κ2) is 12.5. The zero-order valence-electron chi connectivity index (χ0n) is 17.3. The minimum atomic E-state index is 0.462. The number of unbranched alkanes of at least 4 members (excludes halogenated alkanes) is 2. The number of rotatable bonds is 10. The Morgan fingerprint density at radius 1 is 1.15 bits per heavy atom. The van der Waals surface area contributed by atoms with Gasteiger partial charge in [0.25, 0.3) is 0 Å². The molecule has 1 atom stereocenters. The summed E-state index contributed by atoms with van der Waals surface area (Å²) in [5.74, 6) is 1.78. The zero-order valence-corrected chi connectivity index (χ0v) is 17.3. The van der Waals surface area contributed by atoms with Crippen LogP contribution in [0.3, 0.4) is 0 Å². The Morgan fingerprint density at radius 3 is 2.56 bits per heavy atom. The van der Waals surface area contributed by atoms with Gasteiger partial charge in [0, 0.05) is 57.7 Å². The maximum absolute atomic E-state index is 4.77. The van der Waals surface area contributed by atoms with Crippen molar-refractivity contribution in [1.82, 2.24) is 25.5 Å². The van der Waals surface area contributed by atoms with E-state index in [0.29, 0.717) is 6.04 Å². The van der Waals surface area contributed by atoms with Crippen molar-refractivity contribution >= 4 is 11.9 Å². The van der Waals surface area contributed by atoms with Gasteiger partial charge in [-0.2, -0.15) is 0 Å². The van der Waals surface area contributed by atoms with Crippen LogP contribution in [0.5, 0.6) is 0 Å². The molecular formula is C20H37N7. The van der Waals surface area contributed by atoms with Gasteiger partial charge in [-0.3, -0.25) is 9.89 Å². The van der Waals surface area contributed by atoms with Gasteiger partial charge in [0.2, 0.25) is 5.95 Å². The monoisotopic (exact) mass is 375 g/mol. The normalized spacial score (nSPS) is 17.0. The Bertz CT molecular complexity index is 526. The molecule has 0 aromatic carbocycles. The van der Waals surface area contributed by atoms with Gasteiger partial charge in [-0.25, -0.2) is 9.97 Å². The topological polar surface area (TPSA) is 68.7 Å². The van der Waals surface area contributed by atoms with Crippen molar-refractivity contribution in [2.24, 2.45) is 4.99 Å². The standard InChI is InChI=1S/C20H37N7/c1-4-6-7-9-18(3)25-19(21-5-2)22-12-13-26-14-16-27(17-15-26)20-23-10-8-11-24-20/h8,10-11,18H,4-7,9,12-17H2,1-3H3,(H2,21,22,25). The summed E-state index contributed by atoms with van der Waals surface area (Å²) in [5, 5.41) is 6.90. The van der Waals surface area contributed by atoms with Gasteiger partial charge in [-0.15, -0.1) is 0 Å². The molecule has 1 saturated heterocycles. The average Bonchev–Trinajstić information content (AvgIpc) is 2.69. The molecule has 0 bridgehead atoms. The van der Waals surface area contributed by atoms with Gasteiger partial charge in [0.1, 0.15) is 0 Å². The summed E-state index contributed by atoms with van der Waals surface area (Å²) in [4.78, 5) is 18.2. The van der Waals surface area contributed by atoms with E-state index in [0.717, 1.165) is 57.7 Å². The van der Waals surface area contributed by atoms with E-state index in [1.54, 1.807) is 0 Å². The molecule has 0 radical (unpaired) electrons. The Balaban J connectivity index is 1.70. The minimum Gasteiger partial charge on any atom is -0.357 e. The van der Waals surface area contributed by atoms with E-state index in [9.17, 15) is 0 Å². The van der Waals surface area contributed by atoms with Crippen LogP contribution in [0.15, 0.2) is 23.5 Å². The molecule has 1 aliphatic heterocycles. The lowest BCUT2D eigenvalue weighted by Gasteiger charge is -2.34. The maximum Gasteiger partial charge on any atom is 0.225 e. The molecule has 0 saturated carbocycles. The number of aliphatic imine (C=N–C) groups is 1. The van der Waals surface area contributed by atoms with Crippen LogP contribution in [0, 0.1) is 0 Å². The van der Waals surface area contributed by atoms with Crippen molar-refractivity contribution in [2.45, 2.75) is 52.5 Å². The molecule has 1 aromatic heterocycles. The van der Waals surface area contributed by atoms with E-state index in [4.69, 9.17) is 4.99 Å². The molecular weight excluding hydrogens is 338 g/mol. The summed E-state index contributed by atoms with van der Waals surface area (Å²) in [6.07, 6.45) is 8.66. The Morgan fingerprint density at radius 2 is 1.89 bits per heavy atom. The number of nitrogens with zero attached hydrogens (tertiary/aromatic N) is 5. The van der Waals surface area contributed by atoms with Crippen molar-refractivity contribution < 1.29 is 0 Å². The predicted octanol–water partition coefficient (Wildman–Crippen LogP) is 2.12. The van der Waals surface area contributed by atoms with E-state index in [1.165, 1.54) is 25.7 Å². The molecule has 1 aromatic rings.